The minimum Gasteiger partial charge on any atom is -0.496 e. The number of nitrogens with zero attached hydrogens (tertiary/aromatic N) is 1. The van der Waals surface area contributed by atoms with Crippen molar-refractivity contribution in [3.63, 3.8) is 0 Å². The van der Waals surface area contributed by atoms with Crippen LogP contribution >= 0.6 is 0 Å². The van der Waals surface area contributed by atoms with Crippen LogP contribution in [0.5, 0.6) is 5.75 Å². The second kappa shape index (κ2) is 5.65. The quantitative estimate of drug-likeness (QED) is 0.873. The van der Waals surface area contributed by atoms with Crippen molar-refractivity contribution in [2.75, 3.05) is 24.8 Å². The van der Waals surface area contributed by atoms with Gasteiger partial charge in [0.2, 0.25) is 0 Å². The van der Waals surface area contributed by atoms with Crippen molar-refractivity contribution in [2.45, 2.75) is 17.9 Å². The van der Waals surface area contributed by atoms with Crippen LogP contribution in [0.1, 0.15) is 11.1 Å². The zero-order chi connectivity index (χ0) is 15.7. The molecule has 116 valence electrons. The van der Waals surface area contributed by atoms with E-state index in [4.69, 9.17) is 4.74 Å². The lowest BCUT2D eigenvalue weighted by Crippen LogP contribution is -2.30. The van der Waals surface area contributed by atoms with Crippen molar-refractivity contribution in [1.29, 1.82) is 0 Å². The summed E-state index contributed by atoms with van der Waals surface area (Å²) in [6, 6.07) is 13.2. The van der Waals surface area contributed by atoms with Crippen LogP contribution in [0.15, 0.2) is 47.4 Å². The second-order valence-corrected chi connectivity index (χ2v) is 7.55. The number of hydrogen-bond donors (Lipinski definition) is 0. The van der Waals surface area contributed by atoms with E-state index < -0.39 is 9.84 Å². The molecule has 2 aromatic rings. The van der Waals surface area contributed by atoms with Crippen molar-refractivity contribution in [3.8, 4) is 5.75 Å². The lowest BCUT2D eigenvalue weighted by molar-refractivity contribution is 0.407. The summed E-state index contributed by atoms with van der Waals surface area (Å²) in [6.07, 6.45) is 2.15. The number of anilines is 1. The number of methoxy groups -OCH3 is 1. The predicted octanol–water partition coefficient (Wildman–Crippen LogP) is 2.66. The van der Waals surface area contributed by atoms with Gasteiger partial charge in [-0.3, -0.25) is 0 Å². The molecule has 0 spiro atoms. The molecule has 0 aliphatic carbocycles. The smallest absolute Gasteiger partial charge is 0.175 e. The summed E-state index contributed by atoms with van der Waals surface area (Å²) in [5.41, 5.74) is 3.58. The van der Waals surface area contributed by atoms with E-state index >= 15 is 0 Å². The summed E-state index contributed by atoms with van der Waals surface area (Å²) in [5, 5.41) is 0. The molecule has 0 unspecified atom stereocenters. The Morgan fingerprint density at radius 1 is 1.09 bits per heavy atom. The van der Waals surface area contributed by atoms with E-state index in [-0.39, 0.29) is 0 Å². The van der Waals surface area contributed by atoms with E-state index in [2.05, 4.69) is 11.0 Å². The average Bonchev–Trinajstić information content (AvgIpc) is 2.53. The number of fused-ring (bicyclic) bond motifs is 1. The molecule has 0 fully saturated rings. The van der Waals surface area contributed by atoms with Gasteiger partial charge in [0.25, 0.3) is 0 Å². The third kappa shape index (κ3) is 2.81. The van der Waals surface area contributed by atoms with Gasteiger partial charge in [-0.2, -0.15) is 0 Å². The van der Waals surface area contributed by atoms with Crippen LogP contribution in [0.25, 0.3) is 0 Å². The van der Waals surface area contributed by atoms with Crippen LogP contribution in [0.4, 0.5) is 5.69 Å². The third-order valence-electron chi connectivity index (χ3n) is 4.07. The minimum absolute atomic E-state index is 0.357. The Kier molecular flexibility index (Phi) is 3.83. The van der Waals surface area contributed by atoms with Crippen LogP contribution in [-0.2, 0) is 22.8 Å². The largest absolute Gasteiger partial charge is 0.496 e. The molecule has 2 aromatic carbocycles. The van der Waals surface area contributed by atoms with E-state index in [0.717, 1.165) is 30.9 Å². The molecule has 0 saturated heterocycles. The Morgan fingerprint density at radius 2 is 1.82 bits per heavy atom. The molecule has 0 N–H and O–H groups in total. The summed E-state index contributed by atoms with van der Waals surface area (Å²) < 4.78 is 28.5. The van der Waals surface area contributed by atoms with E-state index in [0.29, 0.717) is 4.90 Å². The van der Waals surface area contributed by atoms with Crippen LogP contribution < -0.4 is 9.64 Å². The van der Waals surface area contributed by atoms with Gasteiger partial charge in [0.05, 0.1) is 12.0 Å². The molecule has 1 aliphatic rings. The molecule has 3 rings (SSSR count). The highest BCUT2D eigenvalue weighted by molar-refractivity contribution is 7.90. The Morgan fingerprint density at radius 3 is 2.45 bits per heavy atom. The summed E-state index contributed by atoms with van der Waals surface area (Å²) in [7, 11) is -1.44. The highest BCUT2D eigenvalue weighted by Crippen LogP contribution is 2.30. The molecule has 22 heavy (non-hydrogen) atoms. The molecule has 1 aliphatic heterocycles. The fraction of sp³-hybridized carbons (Fsp3) is 0.294. The summed E-state index contributed by atoms with van der Waals surface area (Å²) in [6.45, 7) is 1.70. The Balaban J connectivity index is 1.86. The van der Waals surface area contributed by atoms with Crippen molar-refractivity contribution in [1.82, 2.24) is 0 Å². The van der Waals surface area contributed by atoms with Gasteiger partial charge in [0.15, 0.2) is 9.84 Å². The number of benzene rings is 2. The molecule has 0 bridgehead atoms. The first kappa shape index (κ1) is 14.9. The van der Waals surface area contributed by atoms with Crippen molar-refractivity contribution in [3.05, 3.63) is 53.6 Å². The molecule has 0 atom stereocenters. The maximum atomic E-state index is 11.5. The van der Waals surface area contributed by atoms with Gasteiger partial charge < -0.3 is 9.64 Å². The predicted molar refractivity (Wildman–Crippen MR) is 87.3 cm³/mol. The monoisotopic (exact) mass is 317 g/mol. The van der Waals surface area contributed by atoms with Crippen LogP contribution in [-0.4, -0.2) is 28.3 Å². The SMILES string of the molecule is COc1cccc2c1CCN(c1ccc(S(C)(=O)=O)cc1)C2. The normalized spacial score (nSPS) is 14.5. The standard InChI is InChI=1S/C17H19NO3S/c1-21-17-5-3-4-13-12-18(11-10-16(13)17)14-6-8-15(9-7-14)22(2,19)20/h3-9H,10-12H2,1-2H3. The van der Waals surface area contributed by atoms with Crippen molar-refractivity contribution in [2.24, 2.45) is 0 Å². The molecule has 4 nitrogen and oxygen atoms in total. The third-order valence-corrected chi connectivity index (χ3v) is 5.20. The molecular weight excluding hydrogens is 298 g/mol. The fourth-order valence-electron chi connectivity index (χ4n) is 2.89. The van der Waals surface area contributed by atoms with E-state index in [1.165, 1.54) is 17.4 Å². The summed E-state index contributed by atoms with van der Waals surface area (Å²) in [5.74, 6) is 0.949. The molecule has 1 heterocycles. The van der Waals surface area contributed by atoms with Gasteiger partial charge in [-0.15, -0.1) is 0 Å². The van der Waals surface area contributed by atoms with Crippen LogP contribution in [0.3, 0.4) is 0 Å². The average molecular weight is 317 g/mol. The molecular formula is C17H19NO3S. The maximum Gasteiger partial charge on any atom is 0.175 e. The molecule has 0 radical (unpaired) electrons. The van der Waals surface area contributed by atoms with Gasteiger partial charge in [0.1, 0.15) is 5.75 Å². The minimum atomic E-state index is -3.14. The first-order chi connectivity index (χ1) is 10.5. The molecule has 0 saturated carbocycles. The number of sulfone groups is 1. The van der Waals surface area contributed by atoms with Crippen LogP contribution in [0, 0.1) is 0 Å². The Bertz CT molecular complexity index is 782. The van der Waals surface area contributed by atoms with E-state index in [1.807, 2.05) is 24.3 Å². The van der Waals surface area contributed by atoms with Gasteiger partial charge in [0, 0.05) is 30.6 Å². The van der Waals surface area contributed by atoms with Crippen LogP contribution in [0.2, 0.25) is 0 Å². The molecule has 5 heteroatoms. The van der Waals surface area contributed by atoms with Crippen molar-refractivity contribution < 1.29 is 13.2 Å². The topological polar surface area (TPSA) is 46.6 Å². The number of rotatable bonds is 3. The zero-order valence-electron chi connectivity index (χ0n) is 12.7. The first-order valence-electron chi connectivity index (χ1n) is 7.19. The Labute approximate surface area is 131 Å². The van der Waals surface area contributed by atoms with E-state index in [1.54, 1.807) is 19.2 Å². The Hall–Kier alpha value is -2.01. The van der Waals surface area contributed by atoms with E-state index in [9.17, 15) is 8.42 Å². The first-order valence-corrected chi connectivity index (χ1v) is 9.08. The zero-order valence-corrected chi connectivity index (χ0v) is 13.6. The summed E-state index contributed by atoms with van der Waals surface area (Å²) >= 11 is 0. The number of hydrogen-bond acceptors (Lipinski definition) is 4. The lowest BCUT2D eigenvalue weighted by atomic mass is 9.98. The molecule has 0 aromatic heterocycles. The second-order valence-electron chi connectivity index (χ2n) is 5.54. The van der Waals surface area contributed by atoms with Gasteiger partial charge in [-0.1, -0.05) is 12.1 Å². The van der Waals surface area contributed by atoms with Gasteiger partial charge in [-0.05, 0) is 42.3 Å². The van der Waals surface area contributed by atoms with Gasteiger partial charge in [-0.25, -0.2) is 8.42 Å². The maximum absolute atomic E-state index is 11.5. The fourth-order valence-corrected chi connectivity index (χ4v) is 3.52. The highest BCUT2D eigenvalue weighted by atomic mass is 32.2. The highest BCUT2D eigenvalue weighted by Gasteiger charge is 2.19. The molecule has 0 amide bonds. The summed E-state index contributed by atoms with van der Waals surface area (Å²) in [4.78, 5) is 2.61. The number of ether oxygens (including phenoxy) is 1. The van der Waals surface area contributed by atoms with Crippen molar-refractivity contribution >= 4 is 15.5 Å². The lowest BCUT2D eigenvalue weighted by Gasteiger charge is -2.31. The van der Waals surface area contributed by atoms with Gasteiger partial charge >= 0.3 is 0 Å².